The van der Waals surface area contributed by atoms with E-state index in [0.29, 0.717) is 22.8 Å². The number of carbonyl (C=O) groups is 3. The summed E-state index contributed by atoms with van der Waals surface area (Å²) >= 11 is 0.933. The van der Waals surface area contributed by atoms with Gasteiger partial charge >= 0.3 is 11.9 Å². The van der Waals surface area contributed by atoms with Crippen molar-refractivity contribution in [2.75, 3.05) is 26.1 Å². The van der Waals surface area contributed by atoms with Crippen LogP contribution in [0.3, 0.4) is 0 Å². The lowest BCUT2D eigenvalue weighted by Crippen LogP contribution is -2.13. The number of hydrogen-bond donors (Lipinski definition) is 1. The highest BCUT2D eigenvalue weighted by molar-refractivity contribution is 7.18. The molecule has 3 aromatic rings. The number of ether oxygens (including phenoxy) is 4. The molecule has 9 nitrogen and oxygen atoms in total. The maximum absolute atomic E-state index is 12.7. The molecule has 1 N–H and O–H groups in total. The van der Waals surface area contributed by atoms with E-state index in [1.165, 1.54) is 13.2 Å². The van der Waals surface area contributed by atoms with Crippen LogP contribution in [-0.4, -0.2) is 38.7 Å². The van der Waals surface area contributed by atoms with E-state index in [1.54, 1.807) is 51.3 Å². The van der Waals surface area contributed by atoms with Gasteiger partial charge in [0.15, 0.2) is 5.76 Å². The highest BCUT2D eigenvalue weighted by Crippen LogP contribution is 2.34. The van der Waals surface area contributed by atoms with Crippen LogP contribution >= 0.6 is 11.3 Å². The van der Waals surface area contributed by atoms with Crippen molar-refractivity contribution < 1.29 is 37.7 Å². The van der Waals surface area contributed by atoms with Gasteiger partial charge in [-0.15, -0.1) is 11.3 Å². The summed E-state index contributed by atoms with van der Waals surface area (Å²) in [5.41, 5.74) is 0.458. The van der Waals surface area contributed by atoms with Crippen LogP contribution in [-0.2, 0) is 16.1 Å². The Kier molecular flexibility index (Phi) is 7.73. The highest BCUT2D eigenvalue weighted by Gasteiger charge is 2.27. The number of amides is 1. The summed E-state index contributed by atoms with van der Waals surface area (Å²) in [7, 11) is 2.78. The molecule has 1 aromatic carbocycles. The molecule has 0 aliphatic rings. The van der Waals surface area contributed by atoms with E-state index in [9.17, 15) is 14.4 Å². The number of nitrogens with one attached hydrogen (secondary N) is 1. The molecule has 0 aliphatic heterocycles. The van der Waals surface area contributed by atoms with Crippen molar-refractivity contribution in [2.45, 2.75) is 20.5 Å². The predicted molar refractivity (Wildman–Crippen MR) is 120 cm³/mol. The first-order valence-corrected chi connectivity index (χ1v) is 10.7. The third-order valence-electron chi connectivity index (χ3n) is 4.53. The zero-order valence-corrected chi connectivity index (χ0v) is 19.4. The Morgan fingerprint density at radius 2 is 1.82 bits per heavy atom. The Labute approximate surface area is 194 Å². The van der Waals surface area contributed by atoms with Crippen molar-refractivity contribution in [3.63, 3.8) is 0 Å². The van der Waals surface area contributed by atoms with Gasteiger partial charge in [-0.25, -0.2) is 9.59 Å². The number of anilines is 1. The summed E-state index contributed by atoms with van der Waals surface area (Å²) < 4.78 is 26.2. The molecule has 0 radical (unpaired) electrons. The SMILES string of the molecule is CCOC(=O)c1sc(NC(=O)c2ccc(COc3cccc(OC)c3)o2)c(C(=O)OC)c1C. The van der Waals surface area contributed by atoms with Gasteiger partial charge in [-0.05, 0) is 43.7 Å². The maximum Gasteiger partial charge on any atom is 0.348 e. The minimum absolute atomic E-state index is 0.0128. The molecule has 0 saturated carbocycles. The van der Waals surface area contributed by atoms with Crippen molar-refractivity contribution in [1.82, 2.24) is 0 Å². The lowest BCUT2D eigenvalue weighted by Gasteiger charge is -2.06. The normalized spacial score (nSPS) is 10.4. The van der Waals surface area contributed by atoms with Gasteiger partial charge in [0.1, 0.15) is 33.7 Å². The topological polar surface area (TPSA) is 113 Å². The molecule has 0 spiro atoms. The molecule has 174 valence electrons. The number of carbonyl (C=O) groups excluding carboxylic acids is 3. The number of methoxy groups -OCH3 is 2. The van der Waals surface area contributed by atoms with Crippen molar-refractivity contribution in [1.29, 1.82) is 0 Å². The molecule has 0 saturated heterocycles. The number of benzene rings is 1. The highest BCUT2D eigenvalue weighted by atomic mass is 32.1. The number of thiophene rings is 1. The molecule has 2 heterocycles. The van der Waals surface area contributed by atoms with Gasteiger partial charge < -0.3 is 28.7 Å². The van der Waals surface area contributed by atoms with Gasteiger partial charge in [0.25, 0.3) is 5.91 Å². The molecular formula is C23H23NO8S. The van der Waals surface area contributed by atoms with E-state index in [2.05, 4.69) is 5.32 Å². The Morgan fingerprint density at radius 3 is 2.52 bits per heavy atom. The van der Waals surface area contributed by atoms with E-state index < -0.39 is 17.8 Å². The Balaban J connectivity index is 1.74. The lowest BCUT2D eigenvalue weighted by atomic mass is 10.1. The molecule has 0 aliphatic carbocycles. The van der Waals surface area contributed by atoms with Crippen LogP contribution in [0, 0.1) is 6.92 Å². The van der Waals surface area contributed by atoms with Gasteiger partial charge in [0.2, 0.25) is 0 Å². The van der Waals surface area contributed by atoms with E-state index >= 15 is 0 Å². The van der Waals surface area contributed by atoms with Crippen LogP contribution in [0.1, 0.15) is 48.8 Å². The second-order valence-electron chi connectivity index (χ2n) is 6.66. The minimum atomic E-state index is -0.679. The van der Waals surface area contributed by atoms with Gasteiger partial charge in [-0.1, -0.05) is 6.07 Å². The lowest BCUT2D eigenvalue weighted by molar-refractivity contribution is 0.0531. The van der Waals surface area contributed by atoms with Crippen LogP contribution < -0.4 is 14.8 Å². The Morgan fingerprint density at radius 1 is 1.06 bits per heavy atom. The molecule has 33 heavy (non-hydrogen) atoms. The van der Waals surface area contributed by atoms with E-state index in [-0.39, 0.29) is 34.4 Å². The van der Waals surface area contributed by atoms with Crippen molar-refractivity contribution in [3.05, 3.63) is 63.9 Å². The minimum Gasteiger partial charge on any atom is -0.497 e. The Bertz CT molecular complexity index is 1160. The first-order valence-electron chi connectivity index (χ1n) is 9.93. The monoisotopic (exact) mass is 473 g/mol. The number of rotatable bonds is 9. The van der Waals surface area contributed by atoms with Crippen molar-refractivity contribution >= 4 is 34.2 Å². The largest absolute Gasteiger partial charge is 0.497 e. The smallest absolute Gasteiger partial charge is 0.348 e. The molecule has 2 aromatic heterocycles. The van der Waals surface area contributed by atoms with Gasteiger partial charge in [0, 0.05) is 6.07 Å². The summed E-state index contributed by atoms with van der Waals surface area (Å²) in [6.07, 6.45) is 0. The summed E-state index contributed by atoms with van der Waals surface area (Å²) in [6.45, 7) is 3.54. The fourth-order valence-electron chi connectivity index (χ4n) is 2.93. The molecule has 0 atom stereocenters. The number of esters is 2. The van der Waals surface area contributed by atoms with Crippen LogP contribution in [0.4, 0.5) is 5.00 Å². The maximum atomic E-state index is 12.7. The molecule has 0 bridgehead atoms. The second-order valence-corrected chi connectivity index (χ2v) is 7.68. The molecule has 10 heteroatoms. The molecule has 0 unspecified atom stereocenters. The number of hydrogen-bond acceptors (Lipinski definition) is 9. The van der Waals surface area contributed by atoms with Crippen LogP contribution in [0.2, 0.25) is 0 Å². The van der Waals surface area contributed by atoms with Gasteiger partial charge in [-0.3, -0.25) is 4.79 Å². The summed E-state index contributed by atoms with van der Waals surface area (Å²) in [5.74, 6) is -0.183. The van der Waals surface area contributed by atoms with E-state index in [0.717, 1.165) is 11.3 Å². The second kappa shape index (κ2) is 10.7. The summed E-state index contributed by atoms with van der Waals surface area (Å²) in [6, 6.07) is 10.2. The third-order valence-corrected chi connectivity index (χ3v) is 5.72. The predicted octanol–water partition coefficient (Wildman–Crippen LogP) is 4.45. The van der Waals surface area contributed by atoms with E-state index in [4.69, 9.17) is 23.4 Å². The van der Waals surface area contributed by atoms with Crippen molar-refractivity contribution in [2.24, 2.45) is 0 Å². The molecule has 3 rings (SSSR count). The Hall–Kier alpha value is -3.79. The van der Waals surface area contributed by atoms with Crippen LogP contribution in [0.5, 0.6) is 11.5 Å². The quantitative estimate of drug-likeness (QED) is 0.454. The molecule has 1 amide bonds. The average molecular weight is 474 g/mol. The fourth-order valence-corrected chi connectivity index (χ4v) is 4.01. The fraction of sp³-hybridized carbons (Fsp3) is 0.261. The first kappa shape index (κ1) is 23.9. The molecule has 0 fully saturated rings. The first-order chi connectivity index (χ1) is 15.9. The number of furan rings is 1. The summed E-state index contributed by atoms with van der Waals surface area (Å²) in [5, 5.41) is 2.79. The zero-order chi connectivity index (χ0) is 24.0. The van der Waals surface area contributed by atoms with Crippen LogP contribution in [0.25, 0.3) is 0 Å². The van der Waals surface area contributed by atoms with E-state index in [1.807, 2.05) is 0 Å². The van der Waals surface area contributed by atoms with Crippen molar-refractivity contribution in [3.8, 4) is 11.5 Å². The third kappa shape index (κ3) is 5.53. The average Bonchev–Trinajstić information content (AvgIpc) is 3.42. The zero-order valence-electron chi connectivity index (χ0n) is 18.6. The van der Waals surface area contributed by atoms with Crippen LogP contribution in [0.15, 0.2) is 40.8 Å². The van der Waals surface area contributed by atoms with Gasteiger partial charge in [-0.2, -0.15) is 0 Å². The van der Waals surface area contributed by atoms with Gasteiger partial charge in [0.05, 0.1) is 26.4 Å². The standard InChI is InChI=1S/C23H23NO8S/c1-5-30-23(27)19-13(2)18(22(26)29-4)21(33-19)24-20(25)17-10-9-16(32-17)12-31-15-8-6-7-14(11-15)28-3/h6-11H,5,12H2,1-4H3,(H,24,25). The molecular weight excluding hydrogens is 450 g/mol. The summed E-state index contributed by atoms with van der Waals surface area (Å²) in [4.78, 5) is 37.4.